The van der Waals surface area contributed by atoms with E-state index < -0.39 is 12.1 Å². The Morgan fingerprint density at radius 1 is 1.42 bits per heavy atom. The Balaban J connectivity index is 2.27. The third-order valence-electron chi connectivity index (χ3n) is 3.44. The summed E-state index contributed by atoms with van der Waals surface area (Å²) in [5.41, 5.74) is 0. The van der Waals surface area contributed by atoms with E-state index in [-0.39, 0.29) is 12.6 Å². The third kappa shape index (κ3) is 5.77. The van der Waals surface area contributed by atoms with Gasteiger partial charge in [0, 0.05) is 0 Å². The number of allylic oxidation sites excluding steroid dienone is 1. The van der Waals surface area contributed by atoms with Crippen molar-refractivity contribution in [2.75, 3.05) is 13.7 Å². The smallest absolute Gasteiger partial charge is 0.407 e. The fraction of sp³-hybridized carbons (Fsp3) is 0.714. The van der Waals surface area contributed by atoms with E-state index in [1.165, 1.54) is 7.11 Å². The van der Waals surface area contributed by atoms with Crippen molar-refractivity contribution in [3.8, 4) is 0 Å². The molecule has 0 saturated heterocycles. The van der Waals surface area contributed by atoms with Crippen LogP contribution >= 0.6 is 0 Å². The highest BCUT2D eigenvalue weighted by atomic mass is 16.6. The van der Waals surface area contributed by atoms with Crippen molar-refractivity contribution in [3.63, 3.8) is 0 Å². The number of alkyl carbamates (subject to hydrolysis) is 1. The molecule has 0 unspecified atom stereocenters. The molecule has 1 amide bonds. The number of nitrogens with one attached hydrogen (secondary N) is 1. The zero-order valence-corrected chi connectivity index (χ0v) is 11.5. The predicted octanol–water partition coefficient (Wildman–Crippen LogP) is 2.41. The zero-order chi connectivity index (χ0) is 14.1. The minimum Gasteiger partial charge on any atom is -0.468 e. The van der Waals surface area contributed by atoms with Crippen LogP contribution in [0.15, 0.2) is 12.7 Å². The molecule has 2 atom stereocenters. The van der Waals surface area contributed by atoms with Gasteiger partial charge in [-0.25, -0.2) is 4.79 Å². The standard InChI is InChI=1S/C14H23NO4/c1-3-4-5-7-11-8-6-9-12(11)19-14(17)15-10-13(16)18-2/h3,11-12H,1,4-10H2,2H3,(H,15,17)/t11-,12-/m1/s1. The fourth-order valence-corrected chi connectivity index (χ4v) is 2.41. The van der Waals surface area contributed by atoms with Crippen LogP contribution < -0.4 is 5.32 Å². The van der Waals surface area contributed by atoms with E-state index in [4.69, 9.17) is 4.74 Å². The average molecular weight is 269 g/mol. The fourth-order valence-electron chi connectivity index (χ4n) is 2.41. The van der Waals surface area contributed by atoms with E-state index in [0.717, 1.165) is 38.5 Å². The lowest BCUT2D eigenvalue weighted by atomic mass is 9.98. The Morgan fingerprint density at radius 3 is 2.89 bits per heavy atom. The lowest BCUT2D eigenvalue weighted by Gasteiger charge is -2.19. The molecule has 108 valence electrons. The normalized spacial score (nSPS) is 21.7. The van der Waals surface area contributed by atoms with E-state index in [0.29, 0.717) is 5.92 Å². The molecule has 5 nitrogen and oxygen atoms in total. The maximum atomic E-state index is 11.5. The van der Waals surface area contributed by atoms with E-state index in [2.05, 4.69) is 16.6 Å². The Hall–Kier alpha value is -1.52. The van der Waals surface area contributed by atoms with Gasteiger partial charge in [0.1, 0.15) is 12.6 Å². The Labute approximate surface area is 114 Å². The monoisotopic (exact) mass is 269 g/mol. The molecule has 1 fully saturated rings. The van der Waals surface area contributed by atoms with Gasteiger partial charge < -0.3 is 14.8 Å². The molecule has 0 heterocycles. The zero-order valence-electron chi connectivity index (χ0n) is 11.5. The van der Waals surface area contributed by atoms with Gasteiger partial charge in [-0.2, -0.15) is 0 Å². The van der Waals surface area contributed by atoms with E-state index in [1.807, 2.05) is 6.08 Å². The summed E-state index contributed by atoms with van der Waals surface area (Å²) in [4.78, 5) is 22.4. The second kappa shape index (κ2) is 8.56. The molecule has 1 aliphatic rings. The molecule has 0 spiro atoms. The Bertz CT molecular complexity index is 317. The number of carbonyl (C=O) groups is 2. The van der Waals surface area contributed by atoms with Crippen LogP contribution in [-0.2, 0) is 14.3 Å². The van der Waals surface area contributed by atoms with Crippen LogP contribution in [0.2, 0.25) is 0 Å². The van der Waals surface area contributed by atoms with Gasteiger partial charge in [-0.3, -0.25) is 4.79 Å². The van der Waals surface area contributed by atoms with E-state index >= 15 is 0 Å². The van der Waals surface area contributed by atoms with Crippen LogP contribution in [0.4, 0.5) is 4.79 Å². The maximum absolute atomic E-state index is 11.5. The van der Waals surface area contributed by atoms with Crippen LogP contribution in [0, 0.1) is 5.92 Å². The first kappa shape index (κ1) is 15.5. The van der Waals surface area contributed by atoms with Crippen molar-refractivity contribution in [1.29, 1.82) is 0 Å². The molecular weight excluding hydrogens is 246 g/mol. The van der Waals surface area contributed by atoms with Gasteiger partial charge >= 0.3 is 12.1 Å². The molecule has 1 N–H and O–H groups in total. The SMILES string of the molecule is C=CCCC[C@@H]1CCC[C@H]1OC(=O)NCC(=O)OC. The number of amides is 1. The van der Waals surface area contributed by atoms with Gasteiger partial charge in [-0.1, -0.05) is 6.08 Å². The van der Waals surface area contributed by atoms with Gasteiger partial charge in [0.05, 0.1) is 7.11 Å². The highest BCUT2D eigenvalue weighted by molar-refractivity contribution is 5.77. The second-order valence-corrected chi connectivity index (χ2v) is 4.78. The number of unbranched alkanes of at least 4 members (excludes halogenated alkanes) is 1. The average Bonchev–Trinajstić information content (AvgIpc) is 2.83. The van der Waals surface area contributed by atoms with Crippen LogP contribution in [0.25, 0.3) is 0 Å². The molecule has 5 heteroatoms. The Morgan fingerprint density at radius 2 is 2.21 bits per heavy atom. The number of esters is 1. The molecule has 0 aromatic heterocycles. The summed E-state index contributed by atoms with van der Waals surface area (Å²) in [6.45, 7) is 3.55. The molecule has 0 radical (unpaired) electrons. The lowest BCUT2D eigenvalue weighted by Crippen LogP contribution is -2.34. The first-order valence-electron chi connectivity index (χ1n) is 6.79. The van der Waals surface area contributed by atoms with Crippen molar-refractivity contribution in [2.45, 2.75) is 44.6 Å². The van der Waals surface area contributed by atoms with Crippen LogP contribution in [0.5, 0.6) is 0 Å². The van der Waals surface area contributed by atoms with Crippen LogP contribution in [-0.4, -0.2) is 31.8 Å². The number of carbonyl (C=O) groups excluding carboxylic acids is 2. The van der Waals surface area contributed by atoms with Crippen molar-refractivity contribution >= 4 is 12.1 Å². The van der Waals surface area contributed by atoms with Gasteiger partial charge in [-0.15, -0.1) is 6.58 Å². The third-order valence-corrected chi connectivity index (χ3v) is 3.44. The summed E-state index contributed by atoms with van der Waals surface area (Å²) in [7, 11) is 1.28. The lowest BCUT2D eigenvalue weighted by molar-refractivity contribution is -0.139. The summed E-state index contributed by atoms with van der Waals surface area (Å²) in [5, 5.41) is 2.40. The van der Waals surface area contributed by atoms with Crippen molar-refractivity contribution in [2.24, 2.45) is 5.92 Å². The van der Waals surface area contributed by atoms with Gasteiger partial charge in [0.25, 0.3) is 0 Å². The minimum atomic E-state index is -0.536. The highest BCUT2D eigenvalue weighted by Gasteiger charge is 2.29. The molecule has 1 rings (SSSR count). The van der Waals surface area contributed by atoms with Gasteiger partial charge in [0.15, 0.2) is 0 Å². The number of rotatable bonds is 7. The quantitative estimate of drug-likeness (QED) is 0.438. The van der Waals surface area contributed by atoms with E-state index in [9.17, 15) is 9.59 Å². The first-order valence-corrected chi connectivity index (χ1v) is 6.79. The molecule has 0 aromatic rings. The maximum Gasteiger partial charge on any atom is 0.407 e. The summed E-state index contributed by atoms with van der Waals surface area (Å²) in [5.74, 6) is -0.0465. The number of hydrogen-bond acceptors (Lipinski definition) is 4. The van der Waals surface area contributed by atoms with Gasteiger partial charge in [0.2, 0.25) is 0 Å². The molecule has 0 aromatic carbocycles. The van der Waals surface area contributed by atoms with Crippen LogP contribution in [0.1, 0.15) is 38.5 Å². The largest absolute Gasteiger partial charge is 0.468 e. The van der Waals surface area contributed by atoms with E-state index in [1.54, 1.807) is 0 Å². The summed E-state index contributed by atoms with van der Waals surface area (Å²) in [6.07, 6.45) is 7.59. The highest BCUT2D eigenvalue weighted by Crippen LogP contribution is 2.32. The topological polar surface area (TPSA) is 64.6 Å². The molecule has 19 heavy (non-hydrogen) atoms. The molecule has 0 bridgehead atoms. The summed E-state index contributed by atoms with van der Waals surface area (Å²) in [6, 6.07) is 0. The number of hydrogen-bond donors (Lipinski definition) is 1. The summed E-state index contributed by atoms with van der Waals surface area (Å²) >= 11 is 0. The Kier molecular flexibility index (Phi) is 7.00. The molecule has 0 aliphatic heterocycles. The molecular formula is C14H23NO4. The van der Waals surface area contributed by atoms with Gasteiger partial charge in [-0.05, 0) is 44.4 Å². The van der Waals surface area contributed by atoms with Crippen LogP contribution in [0.3, 0.4) is 0 Å². The predicted molar refractivity (Wildman–Crippen MR) is 71.7 cm³/mol. The molecule has 1 aliphatic carbocycles. The minimum absolute atomic E-state index is 0.0255. The first-order chi connectivity index (χ1) is 9.17. The van der Waals surface area contributed by atoms with Crippen molar-refractivity contribution < 1.29 is 19.1 Å². The number of ether oxygens (including phenoxy) is 2. The second-order valence-electron chi connectivity index (χ2n) is 4.78. The van der Waals surface area contributed by atoms with Crippen molar-refractivity contribution in [1.82, 2.24) is 5.32 Å². The molecule has 1 saturated carbocycles. The number of methoxy groups -OCH3 is 1. The van der Waals surface area contributed by atoms with Crippen molar-refractivity contribution in [3.05, 3.63) is 12.7 Å². The summed E-state index contributed by atoms with van der Waals surface area (Å²) < 4.78 is 9.80.